The third-order valence-electron chi connectivity index (χ3n) is 5.93. The Balaban J connectivity index is 1.50. The van der Waals surface area contributed by atoms with Crippen LogP contribution in [0.15, 0.2) is 68.8 Å². The molecule has 1 fully saturated rings. The number of hydrogen-bond donors (Lipinski definition) is 1. The van der Waals surface area contributed by atoms with Crippen molar-refractivity contribution >= 4 is 11.0 Å². The fourth-order valence-electron chi connectivity index (χ4n) is 4.11. The molecule has 0 radical (unpaired) electrons. The maximum absolute atomic E-state index is 13.3. The average Bonchev–Trinajstić information content (AvgIpc) is 3.26. The molecule has 1 aliphatic heterocycles. The van der Waals surface area contributed by atoms with Gasteiger partial charge in [0.1, 0.15) is 5.75 Å². The van der Waals surface area contributed by atoms with E-state index < -0.39 is 5.69 Å². The van der Waals surface area contributed by atoms with Crippen molar-refractivity contribution in [3.8, 4) is 11.6 Å². The van der Waals surface area contributed by atoms with Gasteiger partial charge in [0.2, 0.25) is 0 Å². The summed E-state index contributed by atoms with van der Waals surface area (Å²) in [4.78, 5) is 28.1. The molecule has 5 rings (SSSR count). The minimum Gasteiger partial charge on any atom is -0.497 e. The van der Waals surface area contributed by atoms with Crippen LogP contribution in [0.2, 0.25) is 0 Å². The quantitative estimate of drug-likeness (QED) is 0.480. The predicted octanol–water partition coefficient (Wildman–Crippen LogP) is 1.60. The molecule has 4 aromatic rings. The van der Waals surface area contributed by atoms with Crippen molar-refractivity contribution in [2.75, 3.05) is 33.3 Å². The largest absolute Gasteiger partial charge is 0.497 e. The van der Waals surface area contributed by atoms with Crippen LogP contribution in [0.5, 0.6) is 5.75 Å². The van der Waals surface area contributed by atoms with Crippen molar-refractivity contribution in [3.63, 3.8) is 0 Å². The minimum absolute atomic E-state index is 0.145. The van der Waals surface area contributed by atoms with Crippen LogP contribution in [0.1, 0.15) is 11.1 Å². The highest BCUT2D eigenvalue weighted by Gasteiger charge is 2.16. The third kappa shape index (κ3) is 4.33. The van der Waals surface area contributed by atoms with Gasteiger partial charge in [-0.2, -0.15) is 0 Å². The Bertz CT molecular complexity index is 1380. The molecule has 0 spiro atoms. The molecule has 0 aliphatic carbocycles. The lowest BCUT2D eigenvalue weighted by Gasteiger charge is -2.27. The molecule has 1 N–H and O–H groups in total. The molecule has 0 unspecified atom stereocenters. The number of aromatic nitrogens is 3. The van der Waals surface area contributed by atoms with E-state index in [0.717, 1.165) is 49.2 Å². The first-order chi connectivity index (χ1) is 16.1. The maximum Gasteiger partial charge on any atom is 0.337 e. The van der Waals surface area contributed by atoms with Crippen LogP contribution in [0, 0.1) is 0 Å². The summed E-state index contributed by atoms with van der Waals surface area (Å²) in [5.74, 6) is 1.09. The molecule has 2 aromatic heterocycles. The van der Waals surface area contributed by atoms with Crippen LogP contribution >= 0.6 is 0 Å². The van der Waals surface area contributed by atoms with Crippen molar-refractivity contribution in [2.24, 2.45) is 0 Å². The standard InChI is InChI=1S/C24H25N5O4/c1-32-19-5-2-17(3-6-19)16-29-22(30)8-11-28(24(29)31)23-20-14-18(4-7-21(20)33-26-23)15-27-12-9-25-10-13-27/h2-8,11,14,25H,9-10,12-13,15-16H2,1H3. The molecule has 0 amide bonds. The lowest BCUT2D eigenvalue weighted by Crippen LogP contribution is -2.42. The predicted molar refractivity (Wildman–Crippen MR) is 124 cm³/mol. The zero-order chi connectivity index (χ0) is 22.8. The summed E-state index contributed by atoms with van der Waals surface area (Å²) in [5, 5.41) is 8.24. The first kappa shape index (κ1) is 21.2. The van der Waals surface area contributed by atoms with Gasteiger partial charge < -0.3 is 14.6 Å². The first-order valence-corrected chi connectivity index (χ1v) is 10.9. The second-order valence-electron chi connectivity index (χ2n) is 8.10. The first-order valence-electron chi connectivity index (χ1n) is 10.9. The Morgan fingerprint density at radius 1 is 1.00 bits per heavy atom. The number of piperazine rings is 1. The summed E-state index contributed by atoms with van der Waals surface area (Å²) in [6.07, 6.45) is 1.45. The highest BCUT2D eigenvalue weighted by molar-refractivity contribution is 5.84. The third-order valence-corrected chi connectivity index (χ3v) is 5.93. The van der Waals surface area contributed by atoms with Crippen LogP contribution in [0.3, 0.4) is 0 Å². The summed E-state index contributed by atoms with van der Waals surface area (Å²) in [6, 6.07) is 14.5. The fraction of sp³-hybridized carbons (Fsp3) is 0.292. The Hall–Kier alpha value is -3.69. The summed E-state index contributed by atoms with van der Waals surface area (Å²) >= 11 is 0. The molecule has 3 heterocycles. The normalized spacial score (nSPS) is 14.6. The zero-order valence-corrected chi connectivity index (χ0v) is 18.4. The average molecular weight is 447 g/mol. The number of methoxy groups -OCH3 is 1. The Labute approximate surface area is 189 Å². The lowest BCUT2D eigenvalue weighted by molar-refractivity contribution is 0.233. The van der Waals surface area contributed by atoms with Gasteiger partial charge in [0.15, 0.2) is 11.4 Å². The van der Waals surface area contributed by atoms with Crippen LogP contribution in [0.25, 0.3) is 16.8 Å². The van der Waals surface area contributed by atoms with Gasteiger partial charge in [-0.3, -0.25) is 14.3 Å². The molecular formula is C24H25N5O4. The highest BCUT2D eigenvalue weighted by atomic mass is 16.5. The number of rotatable bonds is 6. The molecule has 170 valence electrons. The van der Waals surface area contributed by atoms with E-state index in [0.29, 0.717) is 17.2 Å². The van der Waals surface area contributed by atoms with Gasteiger partial charge in [0.25, 0.3) is 5.56 Å². The van der Waals surface area contributed by atoms with Crippen LogP contribution < -0.4 is 21.3 Å². The SMILES string of the molecule is COc1ccc(Cn2c(=O)ccn(-c3noc4ccc(CN5CCNCC5)cc34)c2=O)cc1. The molecule has 2 aromatic carbocycles. The van der Waals surface area contributed by atoms with Crippen molar-refractivity contribution in [1.82, 2.24) is 24.5 Å². The Kier molecular flexibility index (Phi) is 5.80. The van der Waals surface area contributed by atoms with Gasteiger partial charge in [-0.25, -0.2) is 9.36 Å². The molecule has 1 saturated heterocycles. The molecule has 0 bridgehead atoms. The molecule has 33 heavy (non-hydrogen) atoms. The summed E-state index contributed by atoms with van der Waals surface area (Å²) < 4.78 is 13.2. The van der Waals surface area contributed by atoms with Crippen LogP contribution in [-0.4, -0.2) is 52.5 Å². The van der Waals surface area contributed by atoms with Crippen LogP contribution in [-0.2, 0) is 13.1 Å². The van der Waals surface area contributed by atoms with Crippen LogP contribution in [0.4, 0.5) is 0 Å². The number of ether oxygens (including phenoxy) is 1. The van der Waals surface area contributed by atoms with Crippen molar-refractivity contribution in [2.45, 2.75) is 13.1 Å². The number of nitrogens with one attached hydrogen (secondary N) is 1. The van der Waals surface area contributed by atoms with Gasteiger partial charge in [0.05, 0.1) is 19.0 Å². The molecule has 0 saturated carbocycles. The Morgan fingerprint density at radius 3 is 2.52 bits per heavy atom. The van der Waals surface area contributed by atoms with Crippen molar-refractivity contribution < 1.29 is 9.26 Å². The molecule has 9 heteroatoms. The van der Waals surface area contributed by atoms with E-state index in [-0.39, 0.29) is 12.1 Å². The van der Waals surface area contributed by atoms with Gasteiger partial charge in [-0.1, -0.05) is 23.4 Å². The van der Waals surface area contributed by atoms with E-state index in [4.69, 9.17) is 9.26 Å². The monoisotopic (exact) mass is 447 g/mol. The molecule has 0 atom stereocenters. The van der Waals surface area contributed by atoms with Crippen molar-refractivity contribution in [3.05, 3.63) is 86.7 Å². The van der Waals surface area contributed by atoms with Gasteiger partial charge in [-0.15, -0.1) is 0 Å². The number of hydrogen-bond acceptors (Lipinski definition) is 7. The fourth-order valence-corrected chi connectivity index (χ4v) is 4.11. The van der Waals surface area contributed by atoms with E-state index in [2.05, 4.69) is 15.4 Å². The highest BCUT2D eigenvalue weighted by Crippen LogP contribution is 2.23. The number of nitrogens with zero attached hydrogens (tertiary/aromatic N) is 4. The lowest BCUT2D eigenvalue weighted by atomic mass is 10.1. The zero-order valence-electron chi connectivity index (χ0n) is 18.4. The van der Waals surface area contributed by atoms with E-state index in [1.807, 2.05) is 30.3 Å². The van der Waals surface area contributed by atoms with E-state index in [1.165, 1.54) is 21.4 Å². The van der Waals surface area contributed by atoms with E-state index >= 15 is 0 Å². The molecule has 9 nitrogen and oxygen atoms in total. The molecule has 1 aliphatic rings. The van der Waals surface area contributed by atoms with Gasteiger partial charge in [-0.05, 0) is 35.4 Å². The summed E-state index contributed by atoms with van der Waals surface area (Å²) in [5.41, 5.74) is 1.68. The second kappa shape index (κ2) is 9.05. The topological polar surface area (TPSA) is 94.5 Å². The second-order valence-corrected chi connectivity index (χ2v) is 8.10. The number of benzene rings is 2. The van der Waals surface area contributed by atoms with E-state index in [9.17, 15) is 9.59 Å². The minimum atomic E-state index is -0.471. The summed E-state index contributed by atoms with van der Waals surface area (Å²) in [7, 11) is 1.59. The number of fused-ring (bicyclic) bond motifs is 1. The Morgan fingerprint density at radius 2 is 1.76 bits per heavy atom. The van der Waals surface area contributed by atoms with E-state index in [1.54, 1.807) is 19.2 Å². The molecular weight excluding hydrogens is 422 g/mol. The maximum atomic E-state index is 13.3. The smallest absolute Gasteiger partial charge is 0.337 e. The van der Waals surface area contributed by atoms with Crippen molar-refractivity contribution in [1.29, 1.82) is 0 Å². The summed E-state index contributed by atoms with van der Waals surface area (Å²) in [6.45, 7) is 4.90. The van der Waals surface area contributed by atoms with Gasteiger partial charge >= 0.3 is 5.69 Å². The van der Waals surface area contributed by atoms with Gasteiger partial charge in [0, 0.05) is 45.0 Å².